The Hall–Kier alpha value is -1.50. The highest BCUT2D eigenvalue weighted by atomic mass is 32.1. The van der Waals surface area contributed by atoms with Crippen LogP contribution in [0.3, 0.4) is 0 Å². The number of hydrogen-bond donors (Lipinski definition) is 2. The van der Waals surface area contributed by atoms with Gasteiger partial charge in [-0.05, 0) is 29.8 Å². The van der Waals surface area contributed by atoms with Crippen molar-refractivity contribution in [3.05, 3.63) is 56.9 Å². The first-order valence-electron chi connectivity index (χ1n) is 6.02. The minimum Gasteiger partial charge on any atom is -0.295 e. The van der Waals surface area contributed by atoms with Crippen LogP contribution in [0.15, 0.2) is 41.4 Å². The largest absolute Gasteiger partial charge is 0.295 e. The van der Waals surface area contributed by atoms with E-state index in [1.807, 2.05) is 0 Å². The van der Waals surface area contributed by atoms with Gasteiger partial charge < -0.3 is 0 Å². The van der Waals surface area contributed by atoms with Crippen LogP contribution in [0.4, 0.5) is 0 Å². The molecule has 0 spiro atoms. The third kappa shape index (κ3) is 2.75. The molecule has 0 aliphatic carbocycles. The zero-order chi connectivity index (χ0) is 13.1. The van der Waals surface area contributed by atoms with Crippen LogP contribution in [0.5, 0.6) is 0 Å². The van der Waals surface area contributed by atoms with Crippen molar-refractivity contribution in [3.63, 3.8) is 0 Å². The Morgan fingerprint density at radius 1 is 1.16 bits per heavy atom. The zero-order valence-corrected chi connectivity index (χ0v) is 12.0. The molecule has 3 aromatic heterocycles. The van der Waals surface area contributed by atoms with Crippen LogP contribution in [-0.4, -0.2) is 15.2 Å². The molecule has 3 heterocycles. The molecule has 0 fully saturated rings. The maximum atomic E-state index is 4.21. The molecule has 0 aliphatic heterocycles. The quantitative estimate of drug-likeness (QED) is 0.757. The van der Waals surface area contributed by atoms with Crippen molar-refractivity contribution < 1.29 is 0 Å². The molecule has 0 radical (unpaired) electrons. The summed E-state index contributed by atoms with van der Waals surface area (Å²) in [6, 6.07) is 8.82. The first-order chi connectivity index (χ1) is 9.34. The highest BCUT2D eigenvalue weighted by Crippen LogP contribution is 2.30. The predicted molar refractivity (Wildman–Crippen MR) is 78.4 cm³/mol. The lowest BCUT2D eigenvalue weighted by Crippen LogP contribution is -2.25. The number of aromatic amines is 1. The van der Waals surface area contributed by atoms with E-state index in [1.165, 1.54) is 9.75 Å². The molecule has 6 heteroatoms. The van der Waals surface area contributed by atoms with Gasteiger partial charge in [0.1, 0.15) is 12.2 Å². The SMILES string of the molecule is CC(NC(c1cccs1)c1cccs1)c1ncn[nH]1. The molecule has 19 heavy (non-hydrogen) atoms. The number of rotatable bonds is 5. The van der Waals surface area contributed by atoms with E-state index in [2.05, 4.69) is 62.4 Å². The number of aromatic nitrogens is 3. The summed E-state index contributed by atoms with van der Waals surface area (Å²) in [5.74, 6) is 0.859. The van der Waals surface area contributed by atoms with Crippen molar-refractivity contribution in [2.75, 3.05) is 0 Å². The first-order valence-corrected chi connectivity index (χ1v) is 7.78. The fourth-order valence-corrected chi connectivity index (χ4v) is 3.65. The Bertz CT molecular complexity index is 552. The fourth-order valence-electron chi connectivity index (χ4n) is 1.97. The van der Waals surface area contributed by atoms with Crippen LogP contribution in [0, 0.1) is 0 Å². The zero-order valence-electron chi connectivity index (χ0n) is 10.4. The van der Waals surface area contributed by atoms with Crippen molar-refractivity contribution in [1.29, 1.82) is 0 Å². The molecule has 0 aromatic carbocycles. The minimum absolute atomic E-state index is 0.122. The molecule has 0 saturated carbocycles. The summed E-state index contributed by atoms with van der Waals surface area (Å²) in [6.07, 6.45) is 1.54. The average molecular weight is 290 g/mol. The molecular weight excluding hydrogens is 276 g/mol. The highest BCUT2D eigenvalue weighted by molar-refractivity contribution is 7.11. The van der Waals surface area contributed by atoms with Crippen molar-refractivity contribution in [2.24, 2.45) is 0 Å². The topological polar surface area (TPSA) is 53.6 Å². The van der Waals surface area contributed by atoms with Crippen molar-refractivity contribution in [2.45, 2.75) is 19.0 Å². The van der Waals surface area contributed by atoms with Gasteiger partial charge in [0.15, 0.2) is 0 Å². The third-order valence-corrected chi connectivity index (χ3v) is 4.79. The first kappa shape index (κ1) is 12.5. The van der Waals surface area contributed by atoms with E-state index in [1.54, 1.807) is 29.0 Å². The van der Waals surface area contributed by atoms with E-state index in [-0.39, 0.29) is 12.1 Å². The second-order valence-corrected chi connectivity index (χ2v) is 6.18. The van der Waals surface area contributed by atoms with Gasteiger partial charge >= 0.3 is 0 Å². The van der Waals surface area contributed by atoms with E-state index in [4.69, 9.17) is 0 Å². The standard InChI is InChI=1S/C13H14N4S2/c1-9(13-14-8-15-17-13)16-12(10-4-2-6-18-10)11-5-3-7-19-11/h2-9,12,16H,1H3,(H,14,15,17). The van der Waals surface area contributed by atoms with Crippen molar-refractivity contribution in [3.8, 4) is 0 Å². The summed E-state index contributed by atoms with van der Waals surface area (Å²) in [6.45, 7) is 2.09. The van der Waals surface area contributed by atoms with Gasteiger partial charge in [-0.15, -0.1) is 22.7 Å². The van der Waals surface area contributed by atoms with E-state index in [0.29, 0.717) is 0 Å². The van der Waals surface area contributed by atoms with Gasteiger partial charge in [-0.3, -0.25) is 10.4 Å². The van der Waals surface area contributed by atoms with Crippen LogP contribution >= 0.6 is 22.7 Å². The van der Waals surface area contributed by atoms with Crippen LogP contribution in [0.25, 0.3) is 0 Å². The van der Waals surface area contributed by atoms with Gasteiger partial charge in [0.25, 0.3) is 0 Å². The van der Waals surface area contributed by atoms with E-state index < -0.39 is 0 Å². The Balaban J connectivity index is 1.84. The lowest BCUT2D eigenvalue weighted by molar-refractivity contribution is 0.506. The minimum atomic E-state index is 0.122. The van der Waals surface area contributed by atoms with E-state index in [0.717, 1.165) is 5.82 Å². The van der Waals surface area contributed by atoms with Crippen LogP contribution in [0.2, 0.25) is 0 Å². The molecule has 0 aliphatic rings. The second kappa shape index (κ2) is 5.64. The molecule has 1 atom stereocenters. The van der Waals surface area contributed by atoms with Gasteiger partial charge in [-0.1, -0.05) is 12.1 Å². The summed E-state index contributed by atoms with van der Waals surface area (Å²) in [7, 11) is 0. The summed E-state index contributed by atoms with van der Waals surface area (Å²) >= 11 is 3.53. The Kier molecular flexibility index (Phi) is 3.72. The van der Waals surface area contributed by atoms with Crippen molar-refractivity contribution >= 4 is 22.7 Å². The average Bonchev–Trinajstić information content (AvgIpc) is 3.17. The molecule has 1 unspecified atom stereocenters. The molecule has 98 valence electrons. The smallest absolute Gasteiger partial charge is 0.141 e. The lowest BCUT2D eigenvalue weighted by atomic mass is 10.1. The molecule has 3 rings (SSSR count). The van der Waals surface area contributed by atoms with Crippen LogP contribution in [0.1, 0.15) is 34.6 Å². The number of nitrogens with zero attached hydrogens (tertiary/aromatic N) is 2. The molecule has 0 bridgehead atoms. The maximum absolute atomic E-state index is 4.21. The Labute approximate surface area is 119 Å². The molecule has 0 saturated heterocycles. The maximum Gasteiger partial charge on any atom is 0.141 e. The number of nitrogens with one attached hydrogen (secondary N) is 2. The Morgan fingerprint density at radius 2 is 1.84 bits per heavy atom. The number of thiophene rings is 2. The van der Waals surface area contributed by atoms with Gasteiger partial charge in [0, 0.05) is 9.75 Å². The summed E-state index contributed by atoms with van der Waals surface area (Å²) in [5, 5.41) is 14.6. The monoisotopic (exact) mass is 290 g/mol. The summed E-state index contributed by atoms with van der Waals surface area (Å²) in [4.78, 5) is 6.84. The highest BCUT2D eigenvalue weighted by Gasteiger charge is 2.20. The van der Waals surface area contributed by atoms with Gasteiger partial charge in [-0.25, -0.2) is 4.98 Å². The second-order valence-electron chi connectivity index (χ2n) is 4.22. The number of hydrogen-bond acceptors (Lipinski definition) is 5. The molecule has 2 N–H and O–H groups in total. The molecular formula is C13H14N4S2. The molecule has 3 aromatic rings. The lowest BCUT2D eigenvalue weighted by Gasteiger charge is -2.20. The Morgan fingerprint density at radius 3 is 2.32 bits per heavy atom. The third-order valence-electron chi connectivity index (χ3n) is 2.92. The fraction of sp³-hybridized carbons (Fsp3) is 0.231. The van der Waals surface area contributed by atoms with Crippen LogP contribution < -0.4 is 5.32 Å². The van der Waals surface area contributed by atoms with Gasteiger partial charge in [-0.2, -0.15) is 5.10 Å². The number of H-pyrrole nitrogens is 1. The van der Waals surface area contributed by atoms with Gasteiger partial charge in [0.2, 0.25) is 0 Å². The molecule has 0 amide bonds. The normalized spacial score (nSPS) is 12.9. The molecule has 4 nitrogen and oxygen atoms in total. The predicted octanol–water partition coefficient (Wildman–Crippen LogP) is 3.37. The summed E-state index contributed by atoms with van der Waals surface area (Å²) < 4.78 is 0. The van der Waals surface area contributed by atoms with E-state index >= 15 is 0 Å². The van der Waals surface area contributed by atoms with Crippen molar-refractivity contribution in [1.82, 2.24) is 20.5 Å². The van der Waals surface area contributed by atoms with Gasteiger partial charge in [0.05, 0.1) is 12.1 Å². The van der Waals surface area contributed by atoms with E-state index in [9.17, 15) is 0 Å². The summed E-state index contributed by atoms with van der Waals surface area (Å²) in [5.41, 5.74) is 0. The van der Waals surface area contributed by atoms with Crippen LogP contribution in [-0.2, 0) is 0 Å².